The van der Waals surface area contributed by atoms with Crippen LogP contribution in [0.5, 0.6) is 0 Å². The highest BCUT2D eigenvalue weighted by Crippen LogP contribution is 2.24. The van der Waals surface area contributed by atoms with Crippen LogP contribution in [0, 0.1) is 5.92 Å². The van der Waals surface area contributed by atoms with Crippen molar-refractivity contribution < 1.29 is 8.42 Å². The van der Waals surface area contributed by atoms with Gasteiger partial charge in [0.15, 0.2) is 0 Å². The number of nitrogens with one attached hydrogen (secondary N) is 2. The van der Waals surface area contributed by atoms with E-state index in [0.29, 0.717) is 23.5 Å². The van der Waals surface area contributed by atoms with Gasteiger partial charge in [0.1, 0.15) is 4.90 Å². The fourth-order valence-electron chi connectivity index (χ4n) is 2.01. The molecule has 1 atom stereocenters. The van der Waals surface area contributed by atoms with E-state index in [1.54, 1.807) is 30.0 Å². The molecule has 0 saturated carbocycles. The lowest BCUT2D eigenvalue weighted by molar-refractivity contribution is 0.563. The Labute approximate surface area is 123 Å². The fourth-order valence-corrected chi connectivity index (χ4v) is 4.04. The van der Waals surface area contributed by atoms with Gasteiger partial charge < -0.3 is 10.7 Å². The van der Waals surface area contributed by atoms with Crippen molar-refractivity contribution in [2.24, 2.45) is 5.92 Å². The Kier molecular flexibility index (Phi) is 4.62. The van der Waals surface area contributed by atoms with Gasteiger partial charge in [-0.1, -0.05) is 6.92 Å². The van der Waals surface area contributed by atoms with Crippen molar-refractivity contribution >= 4 is 38.4 Å². The van der Waals surface area contributed by atoms with Crippen LogP contribution in [0.25, 0.3) is 10.9 Å². The second-order valence-corrected chi connectivity index (χ2v) is 7.52. The molecule has 2 rings (SSSR count). The monoisotopic (exact) mass is 313 g/mol. The van der Waals surface area contributed by atoms with Crippen LogP contribution in [0.15, 0.2) is 29.3 Å². The van der Waals surface area contributed by atoms with Gasteiger partial charge in [0, 0.05) is 29.3 Å². The summed E-state index contributed by atoms with van der Waals surface area (Å²) in [7, 11) is -3.50. The highest BCUT2D eigenvalue weighted by molar-refractivity contribution is 7.98. The summed E-state index contributed by atoms with van der Waals surface area (Å²) >= 11 is 1.71. The van der Waals surface area contributed by atoms with Crippen LogP contribution in [0.1, 0.15) is 6.92 Å². The van der Waals surface area contributed by atoms with E-state index in [0.717, 1.165) is 11.3 Å². The molecule has 20 heavy (non-hydrogen) atoms. The van der Waals surface area contributed by atoms with E-state index in [1.807, 2.05) is 13.2 Å². The van der Waals surface area contributed by atoms with Gasteiger partial charge in [-0.05, 0) is 36.1 Å². The summed E-state index contributed by atoms with van der Waals surface area (Å²) in [5.74, 6) is 1.22. The van der Waals surface area contributed by atoms with E-state index in [2.05, 4.69) is 9.71 Å². The lowest BCUT2D eigenvalue weighted by Gasteiger charge is -2.11. The maximum Gasteiger partial charge on any atom is 0.242 e. The number of hydrogen-bond acceptors (Lipinski definition) is 4. The molecular formula is C13H19N3O2S2. The van der Waals surface area contributed by atoms with Crippen molar-refractivity contribution in [3.8, 4) is 0 Å². The summed E-state index contributed by atoms with van der Waals surface area (Å²) < 4.78 is 27.3. The van der Waals surface area contributed by atoms with Crippen LogP contribution in [-0.4, -0.2) is 32.0 Å². The zero-order valence-electron chi connectivity index (χ0n) is 11.5. The van der Waals surface area contributed by atoms with Gasteiger partial charge in [0.2, 0.25) is 10.0 Å². The SMILES string of the molecule is CSCC(C)CNS(=O)(=O)c1c[nH]c2cc(N)ccc12. The summed E-state index contributed by atoms with van der Waals surface area (Å²) in [4.78, 5) is 3.21. The number of thioether (sulfide) groups is 1. The third-order valence-corrected chi connectivity index (χ3v) is 5.40. The third-order valence-electron chi connectivity index (χ3n) is 3.03. The van der Waals surface area contributed by atoms with E-state index >= 15 is 0 Å². The summed E-state index contributed by atoms with van der Waals surface area (Å²) in [6, 6.07) is 5.15. The number of sulfonamides is 1. The lowest BCUT2D eigenvalue weighted by atomic mass is 10.2. The number of hydrogen-bond donors (Lipinski definition) is 3. The largest absolute Gasteiger partial charge is 0.399 e. The lowest BCUT2D eigenvalue weighted by Crippen LogP contribution is -2.29. The molecule has 0 radical (unpaired) electrons. The molecule has 5 nitrogen and oxygen atoms in total. The van der Waals surface area contributed by atoms with Crippen LogP contribution in [-0.2, 0) is 10.0 Å². The maximum absolute atomic E-state index is 12.3. The molecule has 2 aromatic rings. The van der Waals surface area contributed by atoms with Gasteiger partial charge in [-0.2, -0.15) is 11.8 Å². The van der Waals surface area contributed by atoms with Crippen molar-refractivity contribution in [2.45, 2.75) is 11.8 Å². The number of aromatic nitrogens is 1. The summed E-state index contributed by atoms with van der Waals surface area (Å²) in [5, 5.41) is 0.657. The zero-order chi connectivity index (χ0) is 14.8. The highest BCUT2D eigenvalue weighted by Gasteiger charge is 2.19. The molecule has 0 aliphatic carbocycles. The van der Waals surface area contributed by atoms with Gasteiger partial charge >= 0.3 is 0 Å². The Bertz CT molecular complexity index is 695. The average molecular weight is 313 g/mol. The third kappa shape index (κ3) is 3.28. The van der Waals surface area contributed by atoms with Crippen LogP contribution in [0.4, 0.5) is 5.69 Å². The summed E-state index contributed by atoms with van der Waals surface area (Å²) in [6.45, 7) is 2.46. The second-order valence-electron chi connectivity index (χ2n) is 4.87. The Morgan fingerprint density at radius 3 is 2.90 bits per heavy atom. The molecule has 7 heteroatoms. The minimum atomic E-state index is -3.50. The number of fused-ring (bicyclic) bond motifs is 1. The molecule has 0 aliphatic rings. The summed E-state index contributed by atoms with van der Waals surface area (Å²) in [5.41, 5.74) is 7.01. The first-order chi connectivity index (χ1) is 9.44. The van der Waals surface area contributed by atoms with Crippen molar-refractivity contribution in [1.29, 1.82) is 0 Å². The molecule has 0 amide bonds. The van der Waals surface area contributed by atoms with E-state index in [4.69, 9.17) is 5.73 Å². The van der Waals surface area contributed by atoms with Gasteiger partial charge in [-0.3, -0.25) is 0 Å². The van der Waals surface area contributed by atoms with Gasteiger partial charge in [-0.25, -0.2) is 13.1 Å². The van der Waals surface area contributed by atoms with Crippen LogP contribution < -0.4 is 10.5 Å². The number of rotatable bonds is 6. The molecular weight excluding hydrogens is 294 g/mol. The number of nitrogens with two attached hydrogens (primary N) is 1. The average Bonchev–Trinajstić information content (AvgIpc) is 2.80. The molecule has 110 valence electrons. The minimum Gasteiger partial charge on any atom is -0.399 e. The molecule has 1 aromatic carbocycles. The highest BCUT2D eigenvalue weighted by atomic mass is 32.2. The quantitative estimate of drug-likeness (QED) is 0.712. The van der Waals surface area contributed by atoms with Gasteiger partial charge in [-0.15, -0.1) is 0 Å². The maximum atomic E-state index is 12.3. The zero-order valence-corrected chi connectivity index (χ0v) is 13.1. The predicted molar refractivity (Wildman–Crippen MR) is 85.4 cm³/mol. The van der Waals surface area contributed by atoms with Crippen molar-refractivity contribution in [3.05, 3.63) is 24.4 Å². The number of H-pyrrole nitrogens is 1. The standard InChI is InChI=1S/C13H19N3O2S2/c1-9(8-19-2)6-16-20(17,18)13-7-15-12-5-10(14)3-4-11(12)13/h3-5,7,9,15-16H,6,8,14H2,1-2H3. The van der Waals surface area contributed by atoms with E-state index in [-0.39, 0.29) is 4.90 Å². The molecule has 0 saturated heterocycles. The predicted octanol–water partition coefficient (Wildman–Crippen LogP) is 2.03. The van der Waals surface area contributed by atoms with Gasteiger partial charge in [0.05, 0.1) is 0 Å². The number of nitrogen functional groups attached to an aromatic ring is 1. The van der Waals surface area contributed by atoms with E-state index in [9.17, 15) is 8.42 Å². The second kappa shape index (κ2) is 6.07. The van der Waals surface area contributed by atoms with Crippen LogP contribution in [0.3, 0.4) is 0 Å². The molecule has 0 bridgehead atoms. The molecule has 1 aromatic heterocycles. The number of anilines is 1. The van der Waals surface area contributed by atoms with Crippen molar-refractivity contribution in [3.63, 3.8) is 0 Å². The molecule has 1 heterocycles. The summed E-state index contributed by atoms with van der Waals surface area (Å²) in [6.07, 6.45) is 3.51. The Hall–Kier alpha value is -1.18. The number of benzene rings is 1. The Balaban J connectivity index is 2.24. The molecule has 1 unspecified atom stereocenters. The minimum absolute atomic E-state index is 0.267. The first kappa shape index (κ1) is 15.2. The van der Waals surface area contributed by atoms with Gasteiger partial charge in [0.25, 0.3) is 0 Å². The molecule has 4 N–H and O–H groups in total. The van der Waals surface area contributed by atoms with Crippen molar-refractivity contribution in [2.75, 3.05) is 24.3 Å². The fraction of sp³-hybridized carbons (Fsp3) is 0.385. The first-order valence-electron chi connectivity index (χ1n) is 6.29. The normalized spacial score (nSPS) is 13.7. The Morgan fingerprint density at radius 1 is 1.45 bits per heavy atom. The van der Waals surface area contributed by atoms with Crippen LogP contribution in [0.2, 0.25) is 0 Å². The van der Waals surface area contributed by atoms with E-state index in [1.165, 1.54) is 6.20 Å². The number of aromatic amines is 1. The Morgan fingerprint density at radius 2 is 2.20 bits per heavy atom. The van der Waals surface area contributed by atoms with Crippen LogP contribution >= 0.6 is 11.8 Å². The van der Waals surface area contributed by atoms with Crippen molar-refractivity contribution in [1.82, 2.24) is 9.71 Å². The topological polar surface area (TPSA) is 88.0 Å². The molecule has 0 aliphatic heterocycles. The smallest absolute Gasteiger partial charge is 0.242 e. The molecule has 0 spiro atoms. The molecule has 0 fully saturated rings. The first-order valence-corrected chi connectivity index (χ1v) is 9.17. The van der Waals surface area contributed by atoms with E-state index < -0.39 is 10.0 Å².